The number of hydrogen-bond acceptors (Lipinski definition) is 2. The number of ether oxygens (including phenoxy) is 1. The molecule has 0 saturated carbocycles. The third-order valence-corrected chi connectivity index (χ3v) is 1.96. The van der Waals surface area contributed by atoms with Crippen LogP contribution in [-0.2, 0) is 4.74 Å². The summed E-state index contributed by atoms with van der Waals surface area (Å²) in [5, 5.41) is 3.25. The van der Waals surface area contributed by atoms with E-state index in [1.54, 1.807) is 0 Å². The predicted octanol–water partition coefficient (Wildman–Crippen LogP) is 2.36. The Hall–Kier alpha value is -0.340. The van der Waals surface area contributed by atoms with Crippen LogP contribution in [0, 0.1) is 0 Å². The minimum atomic E-state index is 0.320. The molecule has 0 aromatic heterocycles. The first kappa shape index (κ1) is 12.7. The largest absolute Gasteiger partial charge is 0.377 e. The van der Waals surface area contributed by atoms with E-state index in [2.05, 4.69) is 32.7 Å². The fraction of sp³-hybridized carbons (Fsp3) is 0.818. The standard InChI is InChI=1S/C11H23NO/c1-9(2)6-7-11(12-5)8-13-10(3)4/h10-12H,1,6-8H2,2-5H3. The molecule has 0 rings (SSSR count). The van der Waals surface area contributed by atoms with Gasteiger partial charge in [-0.3, -0.25) is 0 Å². The lowest BCUT2D eigenvalue weighted by Crippen LogP contribution is -2.31. The van der Waals surface area contributed by atoms with Gasteiger partial charge in [0.15, 0.2) is 0 Å². The van der Waals surface area contributed by atoms with Crippen molar-refractivity contribution in [3.63, 3.8) is 0 Å². The van der Waals surface area contributed by atoms with Crippen LogP contribution in [0.3, 0.4) is 0 Å². The summed E-state index contributed by atoms with van der Waals surface area (Å²) in [5.74, 6) is 0. The summed E-state index contributed by atoms with van der Waals surface area (Å²) in [6.45, 7) is 10.9. The molecule has 0 radical (unpaired) electrons. The van der Waals surface area contributed by atoms with Gasteiger partial charge in [0.1, 0.15) is 0 Å². The summed E-state index contributed by atoms with van der Waals surface area (Å²) >= 11 is 0. The average Bonchev–Trinajstić information content (AvgIpc) is 2.04. The molecule has 78 valence electrons. The van der Waals surface area contributed by atoms with Gasteiger partial charge in [-0.15, -0.1) is 6.58 Å². The van der Waals surface area contributed by atoms with Crippen LogP contribution in [0.4, 0.5) is 0 Å². The molecule has 0 aliphatic heterocycles. The lowest BCUT2D eigenvalue weighted by Gasteiger charge is -2.17. The van der Waals surface area contributed by atoms with Crippen molar-refractivity contribution in [1.29, 1.82) is 0 Å². The predicted molar refractivity (Wildman–Crippen MR) is 58.0 cm³/mol. The van der Waals surface area contributed by atoms with Crippen LogP contribution >= 0.6 is 0 Å². The molecule has 0 heterocycles. The lowest BCUT2D eigenvalue weighted by molar-refractivity contribution is 0.0612. The monoisotopic (exact) mass is 185 g/mol. The minimum absolute atomic E-state index is 0.320. The minimum Gasteiger partial charge on any atom is -0.377 e. The zero-order valence-electron chi connectivity index (χ0n) is 9.39. The average molecular weight is 185 g/mol. The van der Waals surface area contributed by atoms with Gasteiger partial charge in [-0.1, -0.05) is 5.57 Å². The van der Waals surface area contributed by atoms with Gasteiger partial charge in [-0.2, -0.15) is 0 Å². The SMILES string of the molecule is C=C(C)CCC(COC(C)C)NC. The lowest BCUT2D eigenvalue weighted by atomic mass is 10.1. The molecule has 0 spiro atoms. The number of likely N-dealkylation sites (N-methyl/N-ethyl adjacent to an activating group) is 1. The molecule has 2 nitrogen and oxygen atoms in total. The van der Waals surface area contributed by atoms with E-state index in [0.717, 1.165) is 19.4 Å². The Morgan fingerprint density at radius 3 is 2.46 bits per heavy atom. The fourth-order valence-corrected chi connectivity index (χ4v) is 1.04. The molecular formula is C11H23NO. The number of nitrogens with one attached hydrogen (secondary N) is 1. The van der Waals surface area contributed by atoms with Gasteiger partial charge in [0, 0.05) is 6.04 Å². The van der Waals surface area contributed by atoms with Gasteiger partial charge in [0.2, 0.25) is 0 Å². The van der Waals surface area contributed by atoms with Crippen LogP contribution in [0.25, 0.3) is 0 Å². The molecule has 0 aromatic rings. The first-order valence-electron chi connectivity index (χ1n) is 4.99. The summed E-state index contributed by atoms with van der Waals surface area (Å²) in [6.07, 6.45) is 2.51. The molecule has 0 bridgehead atoms. The molecule has 0 amide bonds. The summed E-state index contributed by atoms with van der Waals surface area (Å²) in [5.41, 5.74) is 1.24. The van der Waals surface area contributed by atoms with Crippen molar-refractivity contribution in [3.05, 3.63) is 12.2 Å². The van der Waals surface area contributed by atoms with Crippen LogP contribution < -0.4 is 5.32 Å². The van der Waals surface area contributed by atoms with Crippen LogP contribution in [0.5, 0.6) is 0 Å². The Kier molecular flexibility index (Phi) is 6.92. The third kappa shape index (κ3) is 8.00. The molecule has 0 aliphatic rings. The smallest absolute Gasteiger partial charge is 0.0623 e. The molecule has 0 fully saturated rings. The Morgan fingerprint density at radius 2 is 2.08 bits per heavy atom. The van der Waals surface area contributed by atoms with Crippen LogP contribution in [-0.4, -0.2) is 25.8 Å². The molecule has 0 aromatic carbocycles. The maximum atomic E-state index is 5.53. The van der Waals surface area contributed by atoms with Gasteiger partial charge in [-0.05, 0) is 40.7 Å². The van der Waals surface area contributed by atoms with E-state index in [-0.39, 0.29) is 0 Å². The molecule has 1 unspecified atom stereocenters. The van der Waals surface area contributed by atoms with E-state index in [1.807, 2.05) is 7.05 Å². The van der Waals surface area contributed by atoms with Crippen molar-refractivity contribution < 1.29 is 4.74 Å². The highest BCUT2D eigenvalue weighted by Gasteiger charge is 2.06. The van der Waals surface area contributed by atoms with Crippen LogP contribution in [0.1, 0.15) is 33.6 Å². The van der Waals surface area contributed by atoms with Crippen molar-refractivity contribution in [1.82, 2.24) is 5.32 Å². The molecule has 13 heavy (non-hydrogen) atoms. The molecule has 2 heteroatoms. The summed E-state index contributed by atoms with van der Waals surface area (Å²) in [7, 11) is 1.98. The highest BCUT2D eigenvalue weighted by Crippen LogP contribution is 2.05. The van der Waals surface area contributed by atoms with Crippen molar-refractivity contribution in [2.75, 3.05) is 13.7 Å². The maximum absolute atomic E-state index is 5.53. The zero-order chi connectivity index (χ0) is 10.3. The fourth-order valence-electron chi connectivity index (χ4n) is 1.04. The summed E-state index contributed by atoms with van der Waals surface area (Å²) in [6, 6.07) is 0.457. The third-order valence-electron chi connectivity index (χ3n) is 1.96. The highest BCUT2D eigenvalue weighted by molar-refractivity contribution is 4.89. The second-order valence-corrected chi connectivity index (χ2v) is 3.86. The van der Waals surface area contributed by atoms with Crippen molar-refractivity contribution in [2.24, 2.45) is 0 Å². The van der Waals surface area contributed by atoms with E-state index < -0.39 is 0 Å². The van der Waals surface area contributed by atoms with E-state index in [9.17, 15) is 0 Å². The van der Waals surface area contributed by atoms with Gasteiger partial charge >= 0.3 is 0 Å². The molecule has 0 aliphatic carbocycles. The van der Waals surface area contributed by atoms with E-state index in [0.29, 0.717) is 12.1 Å². The first-order valence-corrected chi connectivity index (χ1v) is 4.99. The summed E-state index contributed by atoms with van der Waals surface area (Å²) in [4.78, 5) is 0. The molecule has 1 N–H and O–H groups in total. The van der Waals surface area contributed by atoms with Gasteiger partial charge in [0.25, 0.3) is 0 Å². The molecule has 1 atom stereocenters. The van der Waals surface area contributed by atoms with Gasteiger partial charge < -0.3 is 10.1 Å². The van der Waals surface area contributed by atoms with Crippen molar-refractivity contribution in [2.45, 2.75) is 45.8 Å². The first-order chi connectivity index (χ1) is 6.06. The number of hydrogen-bond donors (Lipinski definition) is 1. The second kappa shape index (κ2) is 7.10. The normalized spacial score (nSPS) is 13.3. The van der Waals surface area contributed by atoms with E-state index in [4.69, 9.17) is 4.74 Å². The number of allylic oxidation sites excluding steroid dienone is 1. The number of rotatable bonds is 7. The highest BCUT2D eigenvalue weighted by atomic mass is 16.5. The Labute approximate surface area is 82.4 Å². The Bertz CT molecular complexity index is 143. The van der Waals surface area contributed by atoms with Crippen molar-refractivity contribution >= 4 is 0 Å². The summed E-state index contributed by atoms with van der Waals surface area (Å²) < 4.78 is 5.53. The second-order valence-electron chi connectivity index (χ2n) is 3.86. The zero-order valence-corrected chi connectivity index (χ0v) is 9.39. The van der Waals surface area contributed by atoms with Crippen LogP contribution in [0.2, 0.25) is 0 Å². The van der Waals surface area contributed by atoms with Gasteiger partial charge in [-0.25, -0.2) is 0 Å². The van der Waals surface area contributed by atoms with E-state index >= 15 is 0 Å². The van der Waals surface area contributed by atoms with Gasteiger partial charge in [0.05, 0.1) is 12.7 Å². The molecule has 0 saturated heterocycles. The quantitative estimate of drug-likeness (QED) is 0.615. The Balaban J connectivity index is 3.57. The molecular weight excluding hydrogens is 162 g/mol. The topological polar surface area (TPSA) is 21.3 Å². The maximum Gasteiger partial charge on any atom is 0.0623 e. The van der Waals surface area contributed by atoms with Crippen molar-refractivity contribution in [3.8, 4) is 0 Å². The Morgan fingerprint density at radius 1 is 1.46 bits per heavy atom. The van der Waals surface area contributed by atoms with Crippen LogP contribution in [0.15, 0.2) is 12.2 Å². The van der Waals surface area contributed by atoms with E-state index in [1.165, 1.54) is 5.57 Å².